The van der Waals surface area contributed by atoms with E-state index in [9.17, 15) is 18.0 Å². The van der Waals surface area contributed by atoms with Crippen LogP contribution in [-0.4, -0.2) is 66.9 Å². The first-order valence-electron chi connectivity index (χ1n) is 18.2. The van der Waals surface area contributed by atoms with Crippen molar-refractivity contribution in [3.63, 3.8) is 0 Å². The van der Waals surface area contributed by atoms with E-state index < -0.39 is 17.8 Å². The second-order valence-corrected chi connectivity index (χ2v) is 14.1. The van der Waals surface area contributed by atoms with Crippen LogP contribution < -0.4 is 30.7 Å². The second-order valence-electron chi connectivity index (χ2n) is 13.7. The molecule has 3 aromatic heterocycles. The zero-order chi connectivity index (χ0) is 37.8. The molecule has 2 atom stereocenters. The zero-order valence-corrected chi connectivity index (χ0v) is 30.9. The molecule has 0 radical (unpaired) electrons. The Morgan fingerprint density at radius 2 is 1.74 bits per heavy atom. The molecule has 15 heteroatoms. The number of amides is 1. The van der Waals surface area contributed by atoms with Crippen LogP contribution >= 0.6 is 11.6 Å². The molecular weight excluding hydrogens is 723 g/mol. The second kappa shape index (κ2) is 16.5. The number of ether oxygens (including phenoxy) is 3. The number of hydrogen-bond donors (Lipinski definition) is 4. The van der Waals surface area contributed by atoms with E-state index in [2.05, 4.69) is 31.2 Å². The summed E-state index contributed by atoms with van der Waals surface area (Å²) in [5.74, 6) is 0.383. The first-order valence-corrected chi connectivity index (χ1v) is 18.5. The molecule has 3 aliphatic rings. The highest BCUT2D eigenvalue weighted by atomic mass is 35.5. The van der Waals surface area contributed by atoms with Crippen molar-refractivity contribution in [1.29, 1.82) is 0 Å². The molecule has 4 N–H and O–H groups in total. The monoisotopic (exact) mass is 765 g/mol. The molecule has 2 saturated heterocycles. The molecule has 0 bridgehead atoms. The van der Waals surface area contributed by atoms with Crippen molar-refractivity contribution in [2.75, 3.05) is 39.3 Å². The topological polar surface area (TPSA) is 132 Å². The Bertz CT molecular complexity index is 1990. The third-order valence-electron chi connectivity index (χ3n) is 10.3. The first kappa shape index (κ1) is 37.8. The lowest BCUT2D eigenvalue weighted by Crippen LogP contribution is -2.35. The lowest BCUT2D eigenvalue weighted by Gasteiger charge is -2.24. The maximum Gasteiger partial charge on any atom is 0.419 e. The standard InChI is InChI=1S/C39H43ClF3N7O4/c1-52-37-22(19-44-21-25-7-11-33(51)47-25)6-9-32(49-37)29-12-15-45-35(34(29)40)28-5-3-4-27-26(28)8-10-31(27)48-36-30(39(41,42)43)18-23(38(50-36)53-2)20-46-24-13-16-54-17-14-24/h3-6,9,12,15,18,24-25,31,44,46H,7-8,10-11,13-14,16-17,19-21H2,1-2H3,(H,47,51)(H,48,50)/t25-,31+/m1/s1. The number of rotatable bonds is 13. The summed E-state index contributed by atoms with van der Waals surface area (Å²) >= 11 is 7.08. The highest BCUT2D eigenvalue weighted by Crippen LogP contribution is 2.44. The van der Waals surface area contributed by atoms with E-state index in [0.717, 1.165) is 47.6 Å². The number of methoxy groups -OCH3 is 2. The summed E-state index contributed by atoms with van der Waals surface area (Å²) < 4.78 is 60.1. The first-order chi connectivity index (χ1) is 26.1. The number of benzene rings is 1. The maximum atomic E-state index is 14.5. The highest BCUT2D eigenvalue weighted by molar-refractivity contribution is 6.35. The minimum absolute atomic E-state index is 0.0737. The molecule has 0 spiro atoms. The van der Waals surface area contributed by atoms with E-state index in [0.29, 0.717) is 79.0 Å². The van der Waals surface area contributed by atoms with Gasteiger partial charge in [-0.25, -0.2) is 4.98 Å². The Morgan fingerprint density at radius 1 is 0.944 bits per heavy atom. The highest BCUT2D eigenvalue weighted by Gasteiger charge is 2.37. The lowest BCUT2D eigenvalue weighted by molar-refractivity contribution is -0.137. The largest absolute Gasteiger partial charge is 0.481 e. The lowest BCUT2D eigenvalue weighted by atomic mass is 9.98. The van der Waals surface area contributed by atoms with Gasteiger partial charge in [-0.1, -0.05) is 35.9 Å². The normalized spacial score (nSPS) is 18.7. The van der Waals surface area contributed by atoms with E-state index in [1.54, 1.807) is 19.4 Å². The third kappa shape index (κ3) is 8.26. The smallest absolute Gasteiger partial charge is 0.419 e. The van der Waals surface area contributed by atoms with Crippen molar-refractivity contribution in [1.82, 2.24) is 30.9 Å². The van der Waals surface area contributed by atoms with Crippen molar-refractivity contribution in [2.45, 2.75) is 75.9 Å². The Balaban J connectivity index is 1.12. The van der Waals surface area contributed by atoms with Gasteiger partial charge in [0.2, 0.25) is 17.7 Å². The van der Waals surface area contributed by atoms with Crippen molar-refractivity contribution >= 4 is 23.3 Å². The van der Waals surface area contributed by atoms with Gasteiger partial charge in [-0.05, 0) is 61.4 Å². The van der Waals surface area contributed by atoms with Crippen LogP contribution in [0.3, 0.4) is 0 Å². The number of nitrogens with zero attached hydrogens (tertiary/aromatic N) is 3. The van der Waals surface area contributed by atoms with Gasteiger partial charge in [-0.3, -0.25) is 9.78 Å². The van der Waals surface area contributed by atoms with Crippen molar-refractivity contribution in [3.05, 3.63) is 81.5 Å². The molecule has 7 rings (SSSR count). The van der Waals surface area contributed by atoms with Crippen LogP contribution in [0, 0.1) is 0 Å². The number of carbonyl (C=O) groups excluding carboxylic acids is 1. The van der Waals surface area contributed by atoms with E-state index in [1.807, 2.05) is 30.3 Å². The van der Waals surface area contributed by atoms with Crippen molar-refractivity contribution in [3.8, 4) is 34.3 Å². The predicted molar refractivity (Wildman–Crippen MR) is 198 cm³/mol. The third-order valence-corrected chi connectivity index (χ3v) is 10.7. The summed E-state index contributed by atoms with van der Waals surface area (Å²) in [5.41, 5.74) is 4.76. The van der Waals surface area contributed by atoms with Crippen LogP contribution in [0.2, 0.25) is 5.02 Å². The van der Waals surface area contributed by atoms with E-state index in [1.165, 1.54) is 7.11 Å². The number of aromatic nitrogens is 3. The summed E-state index contributed by atoms with van der Waals surface area (Å²) in [6.45, 7) is 2.58. The summed E-state index contributed by atoms with van der Waals surface area (Å²) in [7, 11) is 2.98. The van der Waals surface area contributed by atoms with Crippen LogP contribution in [0.25, 0.3) is 22.5 Å². The molecule has 286 valence electrons. The van der Waals surface area contributed by atoms with Gasteiger partial charge in [0.15, 0.2) is 0 Å². The Hall–Kier alpha value is -4.50. The molecule has 2 aliphatic heterocycles. The van der Waals surface area contributed by atoms with Crippen LogP contribution in [-0.2, 0) is 35.2 Å². The average molecular weight is 766 g/mol. The molecule has 1 aliphatic carbocycles. The number of alkyl halides is 3. The van der Waals surface area contributed by atoms with E-state index in [4.69, 9.17) is 30.8 Å². The van der Waals surface area contributed by atoms with Crippen molar-refractivity contribution in [2.24, 2.45) is 0 Å². The molecule has 5 heterocycles. The Morgan fingerprint density at radius 3 is 2.48 bits per heavy atom. The van der Waals surface area contributed by atoms with Crippen LogP contribution in [0.4, 0.5) is 19.0 Å². The summed E-state index contributed by atoms with van der Waals surface area (Å²) in [6, 6.07) is 12.3. The molecule has 0 saturated carbocycles. The molecule has 4 aromatic rings. The molecule has 1 aromatic carbocycles. The van der Waals surface area contributed by atoms with Crippen LogP contribution in [0.5, 0.6) is 11.8 Å². The number of halogens is 4. The van der Waals surface area contributed by atoms with Crippen LogP contribution in [0.15, 0.2) is 48.7 Å². The zero-order valence-electron chi connectivity index (χ0n) is 30.1. The average Bonchev–Trinajstić information content (AvgIpc) is 3.79. The molecular formula is C39H43ClF3N7O4. The van der Waals surface area contributed by atoms with E-state index >= 15 is 0 Å². The van der Waals surface area contributed by atoms with Gasteiger partial charge in [0.25, 0.3) is 0 Å². The van der Waals surface area contributed by atoms with Gasteiger partial charge in [0, 0.05) is 79.8 Å². The number of anilines is 1. The Kier molecular flexibility index (Phi) is 11.5. The molecule has 2 fully saturated rings. The van der Waals surface area contributed by atoms with Crippen LogP contribution in [0.1, 0.15) is 66.0 Å². The van der Waals surface area contributed by atoms with Gasteiger partial charge in [0.1, 0.15) is 5.82 Å². The van der Waals surface area contributed by atoms with Gasteiger partial charge in [-0.15, -0.1) is 0 Å². The minimum atomic E-state index is -4.64. The molecule has 54 heavy (non-hydrogen) atoms. The fourth-order valence-electron chi connectivity index (χ4n) is 7.49. The predicted octanol–water partition coefficient (Wildman–Crippen LogP) is 6.63. The quantitative estimate of drug-likeness (QED) is 0.118. The SMILES string of the molecule is COc1nc(-c2ccnc(-c3cccc4c3CC[C@@H]4Nc3nc(OC)c(CNC4CCOCC4)cc3C(F)(F)F)c2Cl)ccc1CNC[C@H]1CCC(=O)N1. The number of hydrogen-bond acceptors (Lipinski definition) is 10. The number of pyridine rings is 3. The minimum Gasteiger partial charge on any atom is -0.481 e. The van der Waals surface area contributed by atoms with Gasteiger partial charge < -0.3 is 35.5 Å². The fourth-order valence-corrected chi connectivity index (χ4v) is 7.80. The van der Waals surface area contributed by atoms with Gasteiger partial charge in [0.05, 0.1) is 42.2 Å². The molecule has 1 amide bonds. The maximum absolute atomic E-state index is 14.5. The fraction of sp³-hybridized carbons (Fsp3) is 0.436. The van der Waals surface area contributed by atoms with Crippen molar-refractivity contribution < 1.29 is 32.2 Å². The van der Waals surface area contributed by atoms with E-state index in [-0.39, 0.29) is 36.2 Å². The summed E-state index contributed by atoms with van der Waals surface area (Å²) in [6.07, 6.45) is 1.09. The molecule has 11 nitrogen and oxygen atoms in total. The summed E-state index contributed by atoms with van der Waals surface area (Å²) in [4.78, 5) is 25.3. The number of carbonyl (C=O) groups is 1. The summed E-state index contributed by atoms with van der Waals surface area (Å²) in [5, 5.41) is 13.2. The van der Waals surface area contributed by atoms with Gasteiger partial charge in [-0.2, -0.15) is 18.2 Å². The Labute approximate surface area is 316 Å². The number of nitrogens with one attached hydrogen (secondary N) is 4. The molecule has 0 unspecified atom stereocenters. The number of fused-ring (bicyclic) bond motifs is 1. The van der Waals surface area contributed by atoms with Gasteiger partial charge >= 0.3 is 6.18 Å².